The third kappa shape index (κ3) is 20.6. The van der Waals surface area contributed by atoms with E-state index in [9.17, 15) is 48.3 Å². The van der Waals surface area contributed by atoms with Crippen LogP contribution in [0.2, 0.25) is 0 Å². The minimum Gasteiger partial charge on any atom is -0.480 e. The molecule has 0 bridgehead atoms. The van der Waals surface area contributed by atoms with Gasteiger partial charge in [0.15, 0.2) is 0 Å². The molecule has 4 rings (SSSR count). The number of aliphatic carboxylic acids is 1. The summed E-state index contributed by atoms with van der Waals surface area (Å²) in [5.74, 6) is -5.96. The van der Waals surface area contributed by atoms with Crippen LogP contribution in [-0.2, 0) is 56.0 Å². The number of rotatable bonds is 32. The topological polar surface area (TPSA) is 279 Å². The summed E-state index contributed by atoms with van der Waals surface area (Å²) in [5.41, 5.74) is 8.15. The maximum atomic E-state index is 14.6. The molecule has 80 heavy (non-hydrogen) atoms. The van der Waals surface area contributed by atoms with Crippen molar-refractivity contribution in [2.45, 2.75) is 189 Å². The molecule has 19 heteroatoms. The first-order valence-corrected chi connectivity index (χ1v) is 29.4. The lowest BCUT2D eigenvalue weighted by molar-refractivity contribution is -0.148. The zero-order chi connectivity index (χ0) is 59.2. The van der Waals surface area contributed by atoms with E-state index >= 15 is 0 Å². The smallest absolute Gasteiger partial charge is 0.326 e. The molecule has 0 radical (unpaired) electrons. The largest absolute Gasteiger partial charge is 0.480 e. The highest BCUT2D eigenvalue weighted by Gasteiger charge is 2.45. The number of nitrogens with one attached hydrogen (secondary N) is 6. The highest BCUT2D eigenvalue weighted by atomic mass is 16.4. The fraction of sp³-hybridized carbons (Fsp3) is 0.656. The fourth-order valence-electron chi connectivity index (χ4n) is 10.6. The predicted octanol–water partition coefficient (Wildman–Crippen LogP) is 4.89. The molecule has 0 saturated carbocycles. The number of carbonyl (C=O) groups is 9. The van der Waals surface area contributed by atoms with Crippen molar-refractivity contribution in [3.63, 3.8) is 0 Å². The molecule has 2 heterocycles. The lowest BCUT2D eigenvalue weighted by Crippen LogP contribution is -2.61. The number of benzene rings is 2. The molecule has 2 aliphatic heterocycles. The van der Waals surface area contributed by atoms with Crippen LogP contribution in [0.15, 0.2) is 60.7 Å². The Morgan fingerprint density at radius 3 is 1.60 bits per heavy atom. The molecule has 11 atom stereocenters. The third-order valence-electron chi connectivity index (χ3n) is 15.8. The zero-order valence-electron chi connectivity index (χ0n) is 49.3. The Balaban J connectivity index is 1.44. The Labute approximate surface area is 475 Å². The molecular weight excluding hydrogens is 1020 g/mol. The van der Waals surface area contributed by atoms with Crippen molar-refractivity contribution in [2.24, 2.45) is 47.2 Å². The minimum absolute atomic E-state index is 0.00280. The summed E-state index contributed by atoms with van der Waals surface area (Å²) in [4.78, 5) is 127. The maximum absolute atomic E-state index is 14.6. The van der Waals surface area contributed by atoms with Gasteiger partial charge >= 0.3 is 5.97 Å². The third-order valence-corrected chi connectivity index (χ3v) is 15.8. The van der Waals surface area contributed by atoms with Gasteiger partial charge in [-0.05, 0) is 104 Å². The van der Waals surface area contributed by atoms with E-state index in [0.29, 0.717) is 57.9 Å². The lowest BCUT2D eigenvalue weighted by atomic mass is 9.94. The van der Waals surface area contributed by atoms with E-state index < -0.39 is 83.7 Å². The Morgan fingerprint density at radius 1 is 0.575 bits per heavy atom. The Kier molecular flexibility index (Phi) is 27.1. The normalized spacial score (nSPS) is 18.7. The SMILES string of the molecule is CC[C@H](C)[C@H](N)C(=O)N[C@H](C(=O)N[C@@H](CC(C)C)C(=O)N[C@H](C(=O)N1CCC[C@H]1C(=O)N1CCC[C@H]1C(=O)NC[C@H](CC(=O)NC[C@H](CC(=O)N[C@@H](CC(C)C)C(=O)O)Cc1ccccc1)Cc1ccccc1)C(C)C)[C@@H](C)CC. The summed E-state index contributed by atoms with van der Waals surface area (Å²) < 4.78 is 0. The molecule has 0 aromatic heterocycles. The van der Waals surface area contributed by atoms with Gasteiger partial charge in [-0.2, -0.15) is 0 Å². The van der Waals surface area contributed by atoms with Gasteiger partial charge in [0.2, 0.25) is 47.3 Å². The Morgan fingerprint density at radius 2 is 1.07 bits per heavy atom. The quantitative estimate of drug-likeness (QED) is 0.0489. The number of carboxylic acids is 1. The molecule has 2 fully saturated rings. The molecule has 444 valence electrons. The van der Waals surface area contributed by atoms with E-state index in [4.69, 9.17) is 5.73 Å². The highest BCUT2D eigenvalue weighted by molar-refractivity contribution is 5.97. The predicted molar refractivity (Wildman–Crippen MR) is 308 cm³/mol. The Bertz CT molecular complexity index is 2350. The average molecular weight is 1110 g/mol. The van der Waals surface area contributed by atoms with Crippen LogP contribution >= 0.6 is 0 Å². The first-order valence-electron chi connectivity index (χ1n) is 29.4. The molecule has 19 nitrogen and oxygen atoms in total. The van der Waals surface area contributed by atoms with Gasteiger partial charge in [0.1, 0.15) is 36.3 Å². The summed E-state index contributed by atoms with van der Waals surface area (Å²) in [6.07, 6.45) is 4.63. The van der Waals surface area contributed by atoms with E-state index in [-0.39, 0.29) is 98.5 Å². The molecule has 2 saturated heterocycles. The minimum atomic E-state index is -1.10. The van der Waals surface area contributed by atoms with Crippen LogP contribution in [0.25, 0.3) is 0 Å². The number of nitrogens with zero attached hydrogens (tertiary/aromatic N) is 2. The molecule has 2 aromatic rings. The first kappa shape index (κ1) is 66.1. The summed E-state index contributed by atoms with van der Waals surface area (Å²) >= 11 is 0. The van der Waals surface area contributed by atoms with Crippen molar-refractivity contribution in [1.82, 2.24) is 41.7 Å². The van der Waals surface area contributed by atoms with E-state index in [1.807, 2.05) is 116 Å². The van der Waals surface area contributed by atoms with Crippen molar-refractivity contribution in [2.75, 3.05) is 26.2 Å². The average Bonchev–Trinajstić information content (AvgIpc) is 4.15. The van der Waals surface area contributed by atoms with Crippen LogP contribution in [0.4, 0.5) is 0 Å². The van der Waals surface area contributed by atoms with Gasteiger partial charge in [-0.25, -0.2) is 4.79 Å². The van der Waals surface area contributed by atoms with Gasteiger partial charge in [0.05, 0.1) is 6.04 Å². The number of likely N-dealkylation sites (tertiary alicyclic amines) is 2. The Hall–Kier alpha value is -6.37. The number of carboxylic acid groups (broad SMARTS) is 1. The van der Waals surface area contributed by atoms with Crippen molar-refractivity contribution in [3.05, 3.63) is 71.8 Å². The number of carbonyl (C=O) groups excluding carboxylic acids is 8. The second kappa shape index (κ2) is 32.8. The number of amides is 8. The summed E-state index contributed by atoms with van der Waals surface area (Å²) in [5, 5.41) is 27.1. The van der Waals surface area contributed by atoms with Crippen LogP contribution in [-0.4, -0.2) is 137 Å². The molecule has 8 amide bonds. The fourth-order valence-corrected chi connectivity index (χ4v) is 10.6. The number of hydrogen-bond acceptors (Lipinski definition) is 10. The zero-order valence-corrected chi connectivity index (χ0v) is 49.3. The van der Waals surface area contributed by atoms with E-state index in [2.05, 4.69) is 31.9 Å². The van der Waals surface area contributed by atoms with E-state index in [0.717, 1.165) is 11.1 Å². The summed E-state index contributed by atoms with van der Waals surface area (Å²) in [7, 11) is 0. The number of hydrogen-bond donors (Lipinski definition) is 8. The second-order valence-electron chi connectivity index (χ2n) is 23.7. The van der Waals surface area contributed by atoms with Gasteiger partial charge in [-0.3, -0.25) is 38.4 Å². The van der Waals surface area contributed by atoms with Gasteiger partial charge in [0, 0.05) is 39.0 Å². The molecule has 2 aromatic carbocycles. The molecular formula is C61H95N9O10. The number of nitrogens with two attached hydrogens (primary N) is 1. The molecule has 0 spiro atoms. The van der Waals surface area contributed by atoms with Gasteiger partial charge < -0.3 is 52.5 Å². The molecule has 0 unspecified atom stereocenters. The van der Waals surface area contributed by atoms with Crippen molar-refractivity contribution >= 4 is 53.2 Å². The first-order chi connectivity index (χ1) is 37.9. The molecule has 9 N–H and O–H groups in total. The van der Waals surface area contributed by atoms with Crippen LogP contribution in [0, 0.1) is 41.4 Å². The van der Waals surface area contributed by atoms with Gasteiger partial charge in [0.25, 0.3) is 0 Å². The summed E-state index contributed by atoms with van der Waals surface area (Å²) in [6.45, 7) is 19.6. The molecule has 2 aliphatic rings. The molecule has 0 aliphatic carbocycles. The van der Waals surface area contributed by atoms with Crippen LogP contribution in [0.3, 0.4) is 0 Å². The van der Waals surface area contributed by atoms with Crippen LogP contribution in [0.5, 0.6) is 0 Å². The van der Waals surface area contributed by atoms with Crippen LogP contribution in [0.1, 0.15) is 145 Å². The maximum Gasteiger partial charge on any atom is 0.326 e. The highest BCUT2D eigenvalue weighted by Crippen LogP contribution is 2.27. The summed E-state index contributed by atoms with van der Waals surface area (Å²) in [6, 6.07) is 12.6. The van der Waals surface area contributed by atoms with Gasteiger partial charge in [-0.1, -0.05) is 143 Å². The lowest BCUT2D eigenvalue weighted by Gasteiger charge is -2.34. The van der Waals surface area contributed by atoms with E-state index in [1.165, 1.54) is 4.90 Å². The van der Waals surface area contributed by atoms with Gasteiger partial charge in [-0.15, -0.1) is 0 Å². The second-order valence-corrected chi connectivity index (χ2v) is 23.7. The van der Waals surface area contributed by atoms with Crippen molar-refractivity contribution < 1.29 is 48.3 Å². The van der Waals surface area contributed by atoms with Crippen molar-refractivity contribution in [1.29, 1.82) is 0 Å². The van der Waals surface area contributed by atoms with Crippen LogP contribution < -0.4 is 37.6 Å². The monoisotopic (exact) mass is 1110 g/mol. The standard InChI is InChI=1S/C61H95N9O10/c1-11-40(9)52(62)57(75)68-54(41(10)12-2)58(76)66-46(29-37(3)4)55(73)67-53(39(7)8)60(78)70-28-20-26-49(70)59(77)69-27-19-25-48(69)56(74)64-36-44(31-42-21-15-13-16-22-42)33-50(71)63-35-45(32-43-23-17-14-18-24-43)34-51(72)65-47(61(79)80)30-38(5)6/h13-18,21-24,37-41,44-49,52-54H,11-12,19-20,25-36,62H2,1-10H3,(H,63,71)(H,64,74)(H,65,72)(H,66,76)(H,67,73)(H,68,75)(H,79,80)/t40-,41-,44-,45-,46-,47-,48-,49-,52-,53-,54-/m0/s1. The van der Waals surface area contributed by atoms with E-state index in [1.54, 1.807) is 18.7 Å². The van der Waals surface area contributed by atoms with Crippen molar-refractivity contribution in [3.8, 4) is 0 Å².